The minimum Gasteiger partial charge on any atom is -0.399 e. The van der Waals surface area contributed by atoms with E-state index >= 15 is 0 Å². The fraction of sp³-hybridized carbons (Fsp3) is 0.429. The molecule has 2 atom stereocenters. The number of nitrogens with two attached hydrogens (primary N) is 1. The normalized spacial score (nSPS) is 14.0. The molecule has 0 spiro atoms. The van der Waals surface area contributed by atoms with Crippen LogP contribution in [-0.4, -0.2) is 26.9 Å². The number of hydrogen-bond donors (Lipinski definition) is 2. The number of aromatic nitrogens is 1. The Balaban J connectivity index is 2.03. The monoisotopic (exact) mass is 325 g/mol. The standard InChI is InChI=1S/C14H19N3O2S2/c1-3-4-9(2)16-13(18)8-21(19)14-17-11-6-5-10(15)7-12(11)20-14/h5-7,9H,3-4,8,15H2,1-2H3,(H,16,18). The summed E-state index contributed by atoms with van der Waals surface area (Å²) in [4.78, 5) is 16.1. The molecule has 21 heavy (non-hydrogen) atoms. The van der Waals surface area contributed by atoms with Crippen LogP contribution in [0.1, 0.15) is 26.7 Å². The number of benzene rings is 1. The van der Waals surface area contributed by atoms with Crippen LogP contribution in [-0.2, 0) is 15.6 Å². The molecule has 114 valence electrons. The van der Waals surface area contributed by atoms with Gasteiger partial charge in [-0.05, 0) is 31.5 Å². The van der Waals surface area contributed by atoms with E-state index in [4.69, 9.17) is 5.73 Å². The molecule has 2 rings (SSSR count). The Labute approximate surface area is 130 Å². The minimum atomic E-state index is -1.42. The van der Waals surface area contributed by atoms with Crippen molar-refractivity contribution in [2.75, 3.05) is 11.5 Å². The lowest BCUT2D eigenvalue weighted by molar-refractivity contribution is -0.119. The van der Waals surface area contributed by atoms with Crippen LogP contribution in [0, 0.1) is 0 Å². The van der Waals surface area contributed by atoms with Gasteiger partial charge < -0.3 is 11.1 Å². The summed E-state index contributed by atoms with van der Waals surface area (Å²) in [6.07, 6.45) is 1.92. The molecule has 0 saturated heterocycles. The molecule has 0 radical (unpaired) electrons. The van der Waals surface area contributed by atoms with E-state index < -0.39 is 10.8 Å². The molecule has 0 aliphatic carbocycles. The highest BCUT2D eigenvalue weighted by Gasteiger charge is 2.16. The molecule has 1 aromatic heterocycles. The topological polar surface area (TPSA) is 85.1 Å². The van der Waals surface area contributed by atoms with Crippen molar-refractivity contribution in [2.24, 2.45) is 0 Å². The second-order valence-corrected chi connectivity index (χ2v) is 7.61. The molecule has 0 fully saturated rings. The van der Waals surface area contributed by atoms with E-state index in [1.165, 1.54) is 11.3 Å². The Morgan fingerprint density at radius 2 is 2.29 bits per heavy atom. The van der Waals surface area contributed by atoms with Crippen molar-refractivity contribution in [1.29, 1.82) is 0 Å². The third kappa shape index (κ3) is 4.25. The van der Waals surface area contributed by atoms with Crippen molar-refractivity contribution in [3.63, 3.8) is 0 Å². The molecule has 2 aromatic rings. The lowest BCUT2D eigenvalue weighted by Crippen LogP contribution is -2.35. The first kappa shape index (κ1) is 15.9. The summed E-state index contributed by atoms with van der Waals surface area (Å²) in [6, 6.07) is 5.46. The fourth-order valence-corrected chi connectivity index (χ4v) is 4.23. The van der Waals surface area contributed by atoms with Crippen molar-refractivity contribution in [2.45, 2.75) is 37.1 Å². The number of carbonyl (C=O) groups excluding carboxylic acids is 1. The third-order valence-corrected chi connectivity index (χ3v) is 5.60. The van der Waals surface area contributed by atoms with Crippen LogP contribution in [0.3, 0.4) is 0 Å². The van der Waals surface area contributed by atoms with Gasteiger partial charge in [0, 0.05) is 11.7 Å². The van der Waals surface area contributed by atoms with Crippen molar-refractivity contribution < 1.29 is 9.00 Å². The Morgan fingerprint density at radius 1 is 1.52 bits per heavy atom. The zero-order valence-corrected chi connectivity index (χ0v) is 13.7. The zero-order valence-electron chi connectivity index (χ0n) is 12.1. The highest BCUT2D eigenvalue weighted by Crippen LogP contribution is 2.26. The zero-order chi connectivity index (χ0) is 15.4. The summed E-state index contributed by atoms with van der Waals surface area (Å²) in [6.45, 7) is 4.01. The van der Waals surface area contributed by atoms with E-state index in [0.29, 0.717) is 10.0 Å². The molecule has 3 N–H and O–H groups in total. The van der Waals surface area contributed by atoms with E-state index in [0.717, 1.165) is 23.1 Å². The molecular formula is C14H19N3O2S2. The largest absolute Gasteiger partial charge is 0.399 e. The van der Waals surface area contributed by atoms with E-state index in [2.05, 4.69) is 17.2 Å². The van der Waals surface area contributed by atoms with Crippen molar-refractivity contribution >= 4 is 43.9 Å². The summed E-state index contributed by atoms with van der Waals surface area (Å²) < 4.78 is 13.6. The summed E-state index contributed by atoms with van der Waals surface area (Å²) in [5.74, 6) is -0.253. The minimum absolute atomic E-state index is 0.0522. The van der Waals surface area contributed by atoms with Crippen molar-refractivity contribution in [3.05, 3.63) is 18.2 Å². The van der Waals surface area contributed by atoms with E-state index in [-0.39, 0.29) is 17.7 Å². The molecule has 5 nitrogen and oxygen atoms in total. The lowest BCUT2D eigenvalue weighted by atomic mass is 10.2. The quantitative estimate of drug-likeness (QED) is 0.798. The van der Waals surface area contributed by atoms with Gasteiger partial charge >= 0.3 is 0 Å². The highest BCUT2D eigenvalue weighted by molar-refractivity contribution is 7.88. The number of hydrogen-bond acceptors (Lipinski definition) is 5. The number of anilines is 1. The summed E-state index contributed by atoms with van der Waals surface area (Å²) in [7, 11) is -1.42. The third-order valence-electron chi connectivity index (χ3n) is 2.98. The number of nitrogens with one attached hydrogen (secondary N) is 1. The lowest BCUT2D eigenvalue weighted by Gasteiger charge is -2.11. The maximum atomic E-state index is 12.2. The Kier molecular flexibility index (Phi) is 5.30. The maximum absolute atomic E-state index is 12.2. The van der Waals surface area contributed by atoms with Crippen LogP contribution >= 0.6 is 11.3 Å². The van der Waals surface area contributed by atoms with Gasteiger partial charge in [0.2, 0.25) is 5.91 Å². The van der Waals surface area contributed by atoms with Crippen LogP contribution in [0.15, 0.2) is 22.5 Å². The molecule has 7 heteroatoms. The Bertz CT molecular complexity index is 669. The second-order valence-electron chi connectivity index (χ2n) is 4.95. The molecule has 0 saturated carbocycles. The maximum Gasteiger partial charge on any atom is 0.233 e. The van der Waals surface area contributed by atoms with E-state index in [1.807, 2.05) is 6.92 Å². The first-order valence-corrected chi connectivity index (χ1v) is 8.97. The van der Waals surface area contributed by atoms with Gasteiger partial charge in [0.1, 0.15) is 5.75 Å². The van der Waals surface area contributed by atoms with E-state index in [9.17, 15) is 9.00 Å². The number of nitrogens with zero attached hydrogens (tertiary/aromatic N) is 1. The summed E-state index contributed by atoms with van der Waals surface area (Å²) in [5.41, 5.74) is 7.12. The summed E-state index contributed by atoms with van der Waals surface area (Å²) in [5, 5.41) is 2.85. The molecule has 1 heterocycles. The van der Waals surface area contributed by atoms with Crippen LogP contribution in [0.25, 0.3) is 10.2 Å². The summed E-state index contributed by atoms with van der Waals surface area (Å²) >= 11 is 1.32. The van der Waals surface area contributed by atoms with Crippen LogP contribution in [0.2, 0.25) is 0 Å². The number of fused-ring (bicyclic) bond motifs is 1. The molecule has 0 aliphatic heterocycles. The molecule has 0 aliphatic rings. The predicted octanol–water partition coefficient (Wildman–Crippen LogP) is 2.29. The van der Waals surface area contributed by atoms with Gasteiger partial charge in [-0.15, -0.1) is 11.3 Å². The molecule has 1 aromatic carbocycles. The number of nitrogen functional groups attached to an aromatic ring is 1. The van der Waals surface area contributed by atoms with E-state index in [1.54, 1.807) is 18.2 Å². The molecule has 0 bridgehead atoms. The van der Waals surface area contributed by atoms with Gasteiger partial charge in [0.25, 0.3) is 0 Å². The number of thiazole rings is 1. The van der Waals surface area contributed by atoms with Gasteiger partial charge in [0.05, 0.1) is 21.0 Å². The second kappa shape index (κ2) is 7.00. The van der Waals surface area contributed by atoms with Gasteiger partial charge in [0.15, 0.2) is 4.34 Å². The van der Waals surface area contributed by atoms with Crippen molar-refractivity contribution in [3.8, 4) is 0 Å². The van der Waals surface area contributed by atoms with Gasteiger partial charge in [-0.25, -0.2) is 4.98 Å². The average Bonchev–Trinajstić information content (AvgIpc) is 2.81. The van der Waals surface area contributed by atoms with Crippen LogP contribution in [0.4, 0.5) is 5.69 Å². The SMILES string of the molecule is CCCC(C)NC(=O)CS(=O)c1nc2ccc(N)cc2s1. The highest BCUT2D eigenvalue weighted by atomic mass is 32.2. The Morgan fingerprint density at radius 3 is 3.00 bits per heavy atom. The van der Waals surface area contributed by atoms with Gasteiger partial charge in [-0.1, -0.05) is 13.3 Å². The fourth-order valence-electron chi connectivity index (χ4n) is 2.02. The first-order valence-electron chi connectivity index (χ1n) is 6.83. The number of rotatable bonds is 6. The average molecular weight is 325 g/mol. The van der Waals surface area contributed by atoms with Crippen LogP contribution in [0.5, 0.6) is 0 Å². The Hall–Kier alpha value is -1.47. The predicted molar refractivity (Wildman–Crippen MR) is 87.8 cm³/mol. The first-order chi connectivity index (χ1) is 9.99. The number of amides is 1. The molecule has 2 unspecified atom stereocenters. The molecular weight excluding hydrogens is 306 g/mol. The van der Waals surface area contributed by atoms with Gasteiger partial charge in [-0.2, -0.15) is 0 Å². The van der Waals surface area contributed by atoms with Crippen LogP contribution < -0.4 is 11.1 Å². The number of carbonyl (C=O) groups is 1. The van der Waals surface area contributed by atoms with Crippen molar-refractivity contribution in [1.82, 2.24) is 10.3 Å². The molecule has 1 amide bonds. The van der Waals surface area contributed by atoms with Gasteiger partial charge in [-0.3, -0.25) is 9.00 Å². The smallest absolute Gasteiger partial charge is 0.233 e.